The Morgan fingerprint density at radius 2 is 1.90 bits per heavy atom. The van der Waals surface area contributed by atoms with E-state index in [1.54, 1.807) is 19.5 Å². The number of fused-ring (bicyclic) bond motifs is 1. The van der Waals surface area contributed by atoms with Gasteiger partial charge in [-0.25, -0.2) is 9.97 Å². The van der Waals surface area contributed by atoms with Crippen molar-refractivity contribution < 1.29 is 9.53 Å². The highest BCUT2D eigenvalue weighted by molar-refractivity contribution is 5.79. The summed E-state index contributed by atoms with van der Waals surface area (Å²) in [6, 6.07) is 2.51. The molecular formula is C24H39N5O2. The van der Waals surface area contributed by atoms with Crippen LogP contribution < -0.4 is 4.90 Å². The van der Waals surface area contributed by atoms with Crippen molar-refractivity contribution in [2.45, 2.75) is 57.4 Å². The number of nitrogens with zero attached hydrogens (tertiary/aromatic N) is 5. The monoisotopic (exact) mass is 429 g/mol. The summed E-state index contributed by atoms with van der Waals surface area (Å²) in [5.74, 6) is 1.71. The van der Waals surface area contributed by atoms with Gasteiger partial charge in [0.15, 0.2) is 0 Å². The predicted molar refractivity (Wildman–Crippen MR) is 122 cm³/mol. The highest BCUT2D eigenvalue weighted by atomic mass is 16.5. The zero-order valence-electron chi connectivity index (χ0n) is 19.1. The molecule has 0 spiro atoms. The molecule has 3 saturated heterocycles. The van der Waals surface area contributed by atoms with E-state index in [1.165, 1.54) is 45.2 Å². The molecule has 0 aromatic carbocycles. The summed E-state index contributed by atoms with van der Waals surface area (Å²) >= 11 is 0. The molecule has 0 bridgehead atoms. The van der Waals surface area contributed by atoms with E-state index in [0.29, 0.717) is 24.5 Å². The standard InChI is InChI=1S/C24H39N5O2/c1-31-17-7-16-28(18-20-8-4-14-27-13-3-2-10-22(20)27)23(30)21-9-5-15-29(19-21)24-25-11-6-12-26-24/h6,11-12,20-22H,2-5,7-10,13-19H2,1H3/t20-,21+,22+/m0/s1. The van der Waals surface area contributed by atoms with Gasteiger partial charge < -0.3 is 19.4 Å². The number of aromatic nitrogens is 2. The zero-order valence-corrected chi connectivity index (χ0v) is 19.1. The Kier molecular flexibility index (Phi) is 8.14. The van der Waals surface area contributed by atoms with Crippen LogP contribution in [0.2, 0.25) is 0 Å². The average Bonchev–Trinajstić information content (AvgIpc) is 2.84. The van der Waals surface area contributed by atoms with E-state index >= 15 is 0 Å². The fourth-order valence-corrected chi connectivity index (χ4v) is 5.84. The van der Waals surface area contributed by atoms with Gasteiger partial charge in [0.25, 0.3) is 0 Å². The van der Waals surface area contributed by atoms with Crippen LogP contribution in [-0.2, 0) is 9.53 Å². The number of piperidine rings is 3. The van der Waals surface area contributed by atoms with E-state index in [2.05, 4.69) is 24.7 Å². The Balaban J connectivity index is 1.42. The first-order valence-electron chi connectivity index (χ1n) is 12.3. The van der Waals surface area contributed by atoms with Gasteiger partial charge in [0.1, 0.15) is 0 Å². The molecule has 0 aliphatic carbocycles. The lowest BCUT2D eigenvalue weighted by molar-refractivity contribution is -0.137. The number of anilines is 1. The van der Waals surface area contributed by atoms with Crippen molar-refractivity contribution >= 4 is 11.9 Å². The minimum atomic E-state index is 0.0335. The van der Waals surface area contributed by atoms with E-state index in [0.717, 1.165) is 51.4 Å². The molecule has 4 heterocycles. The first-order valence-corrected chi connectivity index (χ1v) is 12.3. The number of methoxy groups -OCH3 is 1. The van der Waals surface area contributed by atoms with Crippen LogP contribution in [-0.4, -0.2) is 84.7 Å². The molecule has 1 amide bonds. The van der Waals surface area contributed by atoms with Crippen molar-refractivity contribution in [3.63, 3.8) is 0 Å². The van der Waals surface area contributed by atoms with E-state index in [1.807, 2.05) is 6.07 Å². The molecule has 7 heteroatoms. The molecule has 3 aliphatic rings. The van der Waals surface area contributed by atoms with Gasteiger partial charge >= 0.3 is 0 Å². The third-order valence-electron chi connectivity index (χ3n) is 7.38. The number of carbonyl (C=O) groups excluding carboxylic acids is 1. The van der Waals surface area contributed by atoms with E-state index in [4.69, 9.17) is 4.74 Å². The quantitative estimate of drug-likeness (QED) is 0.592. The molecule has 0 N–H and O–H groups in total. The number of hydrogen-bond acceptors (Lipinski definition) is 6. The molecule has 0 saturated carbocycles. The van der Waals surface area contributed by atoms with Crippen molar-refractivity contribution in [3.05, 3.63) is 18.5 Å². The molecule has 3 aliphatic heterocycles. The second-order valence-electron chi connectivity index (χ2n) is 9.47. The van der Waals surface area contributed by atoms with Gasteiger partial charge in [-0.05, 0) is 70.0 Å². The first kappa shape index (κ1) is 22.5. The fraction of sp³-hybridized carbons (Fsp3) is 0.792. The SMILES string of the molecule is COCCCN(C[C@@H]1CCCN2CCCC[C@H]12)C(=O)[C@@H]1CCCN(c2ncccn2)C1. The average molecular weight is 430 g/mol. The van der Waals surface area contributed by atoms with Crippen molar-refractivity contribution in [3.8, 4) is 0 Å². The fourth-order valence-electron chi connectivity index (χ4n) is 5.84. The Labute approximate surface area is 187 Å². The third kappa shape index (κ3) is 5.75. The van der Waals surface area contributed by atoms with Crippen molar-refractivity contribution in [2.75, 3.05) is 57.9 Å². The van der Waals surface area contributed by atoms with Gasteiger partial charge in [-0.1, -0.05) is 6.42 Å². The third-order valence-corrected chi connectivity index (χ3v) is 7.38. The first-order chi connectivity index (χ1) is 15.3. The molecule has 172 valence electrons. The molecule has 0 radical (unpaired) electrons. The molecule has 1 aromatic heterocycles. The van der Waals surface area contributed by atoms with Crippen LogP contribution in [0.5, 0.6) is 0 Å². The van der Waals surface area contributed by atoms with E-state index < -0.39 is 0 Å². The molecule has 1 aromatic rings. The highest BCUT2D eigenvalue weighted by Crippen LogP contribution is 2.32. The summed E-state index contributed by atoms with van der Waals surface area (Å²) in [7, 11) is 1.74. The van der Waals surface area contributed by atoms with Crippen LogP contribution in [0.3, 0.4) is 0 Å². The molecule has 7 nitrogen and oxygen atoms in total. The van der Waals surface area contributed by atoms with Gasteiger partial charge in [-0.2, -0.15) is 0 Å². The van der Waals surface area contributed by atoms with Gasteiger partial charge in [0.2, 0.25) is 11.9 Å². The van der Waals surface area contributed by atoms with Crippen molar-refractivity contribution in [1.82, 2.24) is 19.8 Å². The minimum Gasteiger partial charge on any atom is -0.385 e. The Morgan fingerprint density at radius 3 is 2.74 bits per heavy atom. The Bertz CT molecular complexity index is 686. The van der Waals surface area contributed by atoms with Crippen molar-refractivity contribution in [2.24, 2.45) is 11.8 Å². The number of amides is 1. The molecule has 3 fully saturated rings. The second kappa shape index (κ2) is 11.2. The van der Waals surface area contributed by atoms with Crippen LogP contribution in [0.4, 0.5) is 5.95 Å². The normalized spacial score (nSPS) is 27.0. The Hall–Kier alpha value is -1.73. The largest absolute Gasteiger partial charge is 0.385 e. The van der Waals surface area contributed by atoms with Crippen LogP contribution in [0.15, 0.2) is 18.5 Å². The zero-order chi connectivity index (χ0) is 21.5. The Morgan fingerprint density at radius 1 is 1.10 bits per heavy atom. The number of carbonyl (C=O) groups is 1. The predicted octanol–water partition coefficient (Wildman–Crippen LogP) is 2.82. The maximum absolute atomic E-state index is 13.7. The molecule has 31 heavy (non-hydrogen) atoms. The smallest absolute Gasteiger partial charge is 0.227 e. The van der Waals surface area contributed by atoms with Gasteiger partial charge in [0.05, 0.1) is 5.92 Å². The number of ether oxygens (including phenoxy) is 1. The summed E-state index contributed by atoms with van der Waals surface area (Å²) in [6.07, 6.45) is 12.9. The van der Waals surface area contributed by atoms with Crippen LogP contribution in [0, 0.1) is 11.8 Å². The lowest BCUT2D eigenvalue weighted by Gasteiger charge is -2.46. The maximum atomic E-state index is 13.7. The van der Waals surface area contributed by atoms with Crippen molar-refractivity contribution in [1.29, 1.82) is 0 Å². The van der Waals surface area contributed by atoms with Crippen LogP contribution >= 0.6 is 0 Å². The topological polar surface area (TPSA) is 61.8 Å². The summed E-state index contributed by atoms with van der Waals surface area (Å²) < 4.78 is 5.30. The molecule has 4 rings (SSSR count). The highest BCUT2D eigenvalue weighted by Gasteiger charge is 2.36. The lowest BCUT2D eigenvalue weighted by atomic mass is 9.83. The van der Waals surface area contributed by atoms with Crippen LogP contribution in [0.25, 0.3) is 0 Å². The van der Waals surface area contributed by atoms with E-state index in [9.17, 15) is 4.79 Å². The van der Waals surface area contributed by atoms with E-state index in [-0.39, 0.29) is 5.92 Å². The number of hydrogen-bond donors (Lipinski definition) is 0. The molecular weight excluding hydrogens is 390 g/mol. The molecule has 0 unspecified atom stereocenters. The summed E-state index contributed by atoms with van der Waals surface area (Å²) in [5.41, 5.74) is 0. The molecule has 3 atom stereocenters. The number of rotatable bonds is 8. The van der Waals surface area contributed by atoms with Gasteiger partial charge in [-0.15, -0.1) is 0 Å². The maximum Gasteiger partial charge on any atom is 0.227 e. The second-order valence-corrected chi connectivity index (χ2v) is 9.47. The lowest BCUT2D eigenvalue weighted by Crippen LogP contribution is -2.53. The van der Waals surface area contributed by atoms with Gasteiger partial charge in [0, 0.05) is 58.3 Å². The van der Waals surface area contributed by atoms with Crippen LogP contribution in [0.1, 0.15) is 51.4 Å². The summed E-state index contributed by atoms with van der Waals surface area (Å²) in [5, 5.41) is 0. The minimum absolute atomic E-state index is 0.0335. The van der Waals surface area contributed by atoms with Gasteiger partial charge in [-0.3, -0.25) is 4.79 Å². The summed E-state index contributed by atoms with van der Waals surface area (Å²) in [4.78, 5) is 29.6. The summed E-state index contributed by atoms with van der Waals surface area (Å²) in [6.45, 7) is 6.55.